The van der Waals surface area contributed by atoms with Crippen molar-refractivity contribution in [1.29, 1.82) is 0 Å². The maximum atomic E-state index is 11.8. The van der Waals surface area contributed by atoms with Crippen LogP contribution in [0.3, 0.4) is 0 Å². The molecule has 0 saturated carbocycles. The van der Waals surface area contributed by atoms with E-state index in [1.807, 2.05) is 24.3 Å². The van der Waals surface area contributed by atoms with Crippen LogP contribution in [0.4, 0.5) is 0 Å². The summed E-state index contributed by atoms with van der Waals surface area (Å²) >= 11 is 0. The van der Waals surface area contributed by atoms with Crippen molar-refractivity contribution in [2.24, 2.45) is 0 Å². The van der Waals surface area contributed by atoms with Gasteiger partial charge in [-0.2, -0.15) is 0 Å². The van der Waals surface area contributed by atoms with Gasteiger partial charge in [0.2, 0.25) is 5.91 Å². The predicted octanol–water partition coefficient (Wildman–Crippen LogP) is 0.885. The van der Waals surface area contributed by atoms with Crippen molar-refractivity contribution < 1.29 is 19.2 Å². The summed E-state index contributed by atoms with van der Waals surface area (Å²) in [6.07, 6.45) is 0.916. The van der Waals surface area contributed by atoms with Gasteiger partial charge in [-0.1, -0.05) is 17.3 Å². The third-order valence-corrected chi connectivity index (χ3v) is 2.80. The minimum atomic E-state index is -0.0915. The minimum absolute atomic E-state index is 0.0194. The van der Waals surface area contributed by atoms with Gasteiger partial charge in [-0.15, -0.1) is 0 Å². The van der Waals surface area contributed by atoms with Gasteiger partial charge in [-0.05, 0) is 18.6 Å². The molecule has 0 aliphatic carbocycles. The largest absolute Gasteiger partial charge is 0.394 e. The molecule has 0 atom stereocenters. The summed E-state index contributed by atoms with van der Waals surface area (Å²) in [7, 11) is 0. The molecule has 108 valence electrons. The smallest absolute Gasteiger partial charge is 0.226 e. The number of fused-ring (bicyclic) bond motifs is 1. The molecule has 0 radical (unpaired) electrons. The quantitative estimate of drug-likeness (QED) is 0.700. The molecule has 2 aromatic rings. The van der Waals surface area contributed by atoms with E-state index in [0.29, 0.717) is 37.5 Å². The Morgan fingerprint density at radius 3 is 3.05 bits per heavy atom. The van der Waals surface area contributed by atoms with Crippen molar-refractivity contribution in [1.82, 2.24) is 10.5 Å². The Kier molecular flexibility index (Phi) is 5.52. The van der Waals surface area contributed by atoms with Gasteiger partial charge in [0, 0.05) is 18.5 Å². The summed E-state index contributed by atoms with van der Waals surface area (Å²) in [5.41, 5.74) is 1.34. The second kappa shape index (κ2) is 7.62. The number of aliphatic hydroxyl groups is 1. The standard InChI is InChI=1S/C14H18N2O4/c17-7-9-19-8-3-6-15-14(18)10-12-11-4-1-2-5-13(11)20-16-12/h1-2,4-5,17H,3,6-10H2,(H,15,18). The predicted molar refractivity (Wildman–Crippen MR) is 73.2 cm³/mol. The molecule has 0 aliphatic heterocycles. The lowest BCUT2D eigenvalue weighted by atomic mass is 10.1. The zero-order valence-electron chi connectivity index (χ0n) is 11.2. The van der Waals surface area contributed by atoms with Gasteiger partial charge in [0.1, 0.15) is 5.69 Å². The van der Waals surface area contributed by atoms with Crippen LogP contribution in [-0.4, -0.2) is 42.5 Å². The van der Waals surface area contributed by atoms with Crippen LogP contribution in [0.1, 0.15) is 12.1 Å². The first-order valence-corrected chi connectivity index (χ1v) is 6.60. The summed E-state index contributed by atoms with van der Waals surface area (Å²) in [5.74, 6) is -0.0915. The van der Waals surface area contributed by atoms with Crippen LogP contribution in [0.15, 0.2) is 28.8 Å². The molecule has 6 heteroatoms. The maximum Gasteiger partial charge on any atom is 0.226 e. The van der Waals surface area contributed by atoms with E-state index in [1.165, 1.54) is 0 Å². The molecule has 1 aromatic carbocycles. The fraction of sp³-hybridized carbons (Fsp3) is 0.429. The molecular weight excluding hydrogens is 260 g/mol. The lowest BCUT2D eigenvalue weighted by Crippen LogP contribution is -2.27. The van der Waals surface area contributed by atoms with Crippen LogP contribution in [-0.2, 0) is 16.0 Å². The first kappa shape index (κ1) is 14.5. The van der Waals surface area contributed by atoms with Crippen molar-refractivity contribution in [2.45, 2.75) is 12.8 Å². The maximum absolute atomic E-state index is 11.8. The topological polar surface area (TPSA) is 84.6 Å². The molecule has 0 unspecified atom stereocenters. The lowest BCUT2D eigenvalue weighted by molar-refractivity contribution is -0.120. The first-order valence-electron chi connectivity index (χ1n) is 6.60. The fourth-order valence-corrected chi connectivity index (χ4v) is 1.85. The number of benzene rings is 1. The fourth-order valence-electron chi connectivity index (χ4n) is 1.85. The van der Waals surface area contributed by atoms with Gasteiger partial charge >= 0.3 is 0 Å². The van der Waals surface area contributed by atoms with Crippen LogP contribution in [0.25, 0.3) is 11.0 Å². The zero-order valence-corrected chi connectivity index (χ0v) is 11.2. The van der Waals surface area contributed by atoms with Crippen LogP contribution in [0.5, 0.6) is 0 Å². The van der Waals surface area contributed by atoms with Gasteiger partial charge in [0.25, 0.3) is 0 Å². The average Bonchev–Trinajstić information content (AvgIpc) is 2.86. The van der Waals surface area contributed by atoms with E-state index in [0.717, 1.165) is 5.39 Å². The highest BCUT2D eigenvalue weighted by molar-refractivity contribution is 5.86. The van der Waals surface area contributed by atoms with E-state index in [9.17, 15) is 4.79 Å². The van der Waals surface area contributed by atoms with Crippen molar-refractivity contribution in [2.75, 3.05) is 26.4 Å². The molecule has 0 fully saturated rings. The Hall–Kier alpha value is -1.92. The van der Waals surface area contributed by atoms with E-state index >= 15 is 0 Å². The molecule has 1 heterocycles. The van der Waals surface area contributed by atoms with E-state index in [1.54, 1.807) is 0 Å². The van der Waals surface area contributed by atoms with E-state index in [2.05, 4.69) is 10.5 Å². The normalized spacial score (nSPS) is 10.8. The average molecular weight is 278 g/mol. The third kappa shape index (κ3) is 4.04. The summed E-state index contributed by atoms with van der Waals surface area (Å²) in [5, 5.41) is 16.1. The monoisotopic (exact) mass is 278 g/mol. The molecule has 0 spiro atoms. The Morgan fingerprint density at radius 2 is 2.20 bits per heavy atom. The molecule has 0 aliphatic rings. The molecule has 6 nitrogen and oxygen atoms in total. The Morgan fingerprint density at radius 1 is 1.35 bits per heavy atom. The van der Waals surface area contributed by atoms with Crippen molar-refractivity contribution >= 4 is 16.9 Å². The molecule has 1 amide bonds. The first-order chi connectivity index (χ1) is 9.81. The number of nitrogens with one attached hydrogen (secondary N) is 1. The van der Waals surface area contributed by atoms with Gasteiger partial charge in [0.15, 0.2) is 5.58 Å². The number of hydrogen-bond donors (Lipinski definition) is 2. The van der Waals surface area contributed by atoms with E-state index < -0.39 is 0 Å². The number of amides is 1. The highest BCUT2D eigenvalue weighted by Crippen LogP contribution is 2.17. The number of carbonyl (C=O) groups excluding carboxylic acids is 1. The minimum Gasteiger partial charge on any atom is -0.394 e. The molecule has 1 aromatic heterocycles. The highest BCUT2D eigenvalue weighted by atomic mass is 16.5. The van der Waals surface area contributed by atoms with Crippen LogP contribution < -0.4 is 5.32 Å². The summed E-state index contributed by atoms with van der Waals surface area (Å²) in [6, 6.07) is 7.46. The van der Waals surface area contributed by atoms with Gasteiger partial charge in [0.05, 0.1) is 19.6 Å². The van der Waals surface area contributed by atoms with Crippen molar-refractivity contribution in [3.63, 3.8) is 0 Å². The van der Waals surface area contributed by atoms with E-state index in [-0.39, 0.29) is 18.9 Å². The summed E-state index contributed by atoms with van der Waals surface area (Å²) in [6.45, 7) is 1.41. The number of aliphatic hydroxyl groups excluding tert-OH is 1. The van der Waals surface area contributed by atoms with Gasteiger partial charge in [-0.3, -0.25) is 4.79 Å². The zero-order chi connectivity index (χ0) is 14.2. The Labute approximate surface area is 116 Å². The number of para-hydroxylation sites is 1. The van der Waals surface area contributed by atoms with Crippen molar-refractivity contribution in [3.05, 3.63) is 30.0 Å². The summed E-state index contributed by atoms with van der Waals surface area (Å²) in [4.78, 5) is 11.8. The van der Waals surface area contributed by atoms with Gasteiger partial charge in [-0.25, -0.2) is 0 Å². The number of hydrogen-bond acceptors (Lipinski definition) is 5. The molecule has 2 N–H and O–H groups in total. The second-order valence-electron chi connectivity index (χ2n) is 4.34. The molecular formula is C14H18N2O4. The Balaban J connectivity index is 1.74. The van der Waals surface area contributed by atoms with Crippen LogP contribution in [0, 0.1) is 0 Å². The SMILES string of the molecule is O=C(Cc1noc2ccccc12)NCCCOCCO. The van der Waals surface area contributed by atoms with Crippen LogP contribution >= 0.6 is 0 Å². The number of carbonyl (C=O) groups is 1. The van der Waals surface area contributed by atoms with Crippen molar-refractivity contribution in [3.8, 4) is 0 Å². The third-order valence-electron chi connectivity index (χ3n) is 2.80. The highest BCUT2D eigenvalue weighted by Gasteiger charge is 2.11. The molecule has 2 rings (SSSR count). The number of aromatic nitrogens is 1. The number of ether oxygens (including phenoxy) is 1. The van der Waals surface area contributed by atoms with Crippen LogP contribution in [0.2, 0.25) is 0 Å². The van der Waals surface area contributed by atoms with Gasteiger partial charge < -0.3 is 19.7 Å². The molecule has 0 bridgehead atoms. The number of rotatable bonds is 8. The van der Waals surface area contributed by atoms with E-state index in [4.69, 9.17) is 14.4 Å². The molecule has 20 heavy (non-hydrogen) atoms. The lowest BCUT2D eigenvalue weighted by Gasteiger charge is -2.04. The Bertz CT molecular complexity index is 553. The second-order valence-corrected chi connectivity index (χ2v) is 4.34. The number of nitrogens with zero attached hydrogens (tertiary/aromatic N) is 1. The molecule has 0 saturated heterocycles. The summed E-state index contributed by atoms with van der Waals surface area (Å²) < 4.78 is 10.2.